The quantitative estimate of drug-likeness (QED) is 0.504. The molecule has 0 aliphatic heterocycles. The van der Waals surface area contributed by atoms with E-state index in [1.165, 1.54) is 12.8 Å². The molecule has 0 unspecified atom stereocenters. The highest BCUT2D eigenvalue weighted by atomic mass is 16.1. The highest BCUT2D eigenvalue weighted by Gasteiger charge is 2.23. The highest BCUT2D eigenvalue weighted by Crippen LogP contribution is 2.29. The molecule has 1 amide bonds. The lowest BCUT2D eigenvalue weighted by atomic mass is 9.80. The first kappa shape index (κ1) is 14.8. The van der Waals surface area contributed by atoms with E-state index < -0.39 is 0 Å². The van der Waals surface area contributed by atoms with Gasteiger partial charge in [-0.05, 0) is 37.5 Å². The number of carbonyl (C=O) groups excluding carboxylic acids is 1. The van der Waals surface area contributed by atoms with E-state index in [9.17, 15) is 4.79 Å². The summed E-state index contributed by atoms with van der Waals surface area (Å²) in [5.41, 5.74) is 10.4. The minimum atomic E-state index is 0.0419. The molecule has 0 aromatic heterocycles. The van der Waals surface area contributed by atoms with Crippen LogP contribution in [0.3, 0.4) is 0 Å². The van der Waals surface area contributed by atoms with Gasteiger partial charge in [0.2, 0.25) is 5.91 Å². The van der Waals surface area contributed by atoms with Crippen molar-refractivity contribution in [3.05, 3.63) is 0 Å². The van der Waals surface area contributed by atoms with Gasteiger partial charge in [0, 0.05) is 12.5 Å². The van der Waals surface area contributed by atoms with Gasteiger partial charge in [-0.15, -0.1) is 0 Å². The molecule has 1 aliphatic rings. The summed E-state index contributed by atoms with van der Waals surface area (Å²) in [6.07, 6.45) is 4.99. The van der Waals surface area contributed by atoms with E-state index in [0.29, 0.717) is 19.0 Å². The summed E-state index contributed by atoms with van der Waals surface area (Å²) in [5, 5.41) is 3.06. The number of hydrogen-bond donors (Lipinski definition) is 3. The zero-order valence-electron chi connectivity index (χ0n) is 11.5. The van der Waals surface area contributed by atoms with Gasteiger partial charge in [0.05, 0.1) is 6.54 Å². The Morgan fingerprint density at radius 2 is 1.89 bits per heavy atom. The van der Waals surface area contributed by atoms with Crippen molar-refractivity contribution in [2.75, 3.05) is 6.54 Å². The third-order valence-corrected chi connectivity index (χ3v) is 3.71. The van der Waals surface area contributed by atoms with Crippen molar-refractivity contribution in [2.45, 2.75) is 52.0 Å². The lowest BCUT2D eigenvalue weighted by Crippen LogP contribution is -2.38. The molecule has 0 spiro atoms. The van der Waals surface area contributed by atoms with Crippen LogP contribution in [0.15, 0.2) is 4.99 Å². The van der Waals surface area contributed by atoms with Crippen LogP contribution in [0, 0.1) is 11.8 Å². The molecule has 5 N–H and O–H groups in total. The molecule has 0 aromatic carbocycles. The standard InChI is InChI=1S/C13H26N4O/c1-9(2)10-3-5-11(6-4-10)17-12(18)7-8-16-13(14)15/h9-11H,3-8H2,1-2H3,(H,17,18)(H4,14,15,16). The lowest BCUT2D eigenvalue weighted by Gasteiger charge is -2.31. The van der Waals surface area contributed by atoms with Crippen LogP contribution in [0.2, 0.25) is 0 Å². The fraction of sp³-hybridized carbons (Fsp3) is 0.846. The Kier molecular flexibility index (Phi) is 5.95. The third kappa shape index (κ3) is 5.38. The molecule has 1 fully saturated rings. The molecule has 1 aliphatic carbocycles. The van der Waals surface area contributed by atoms with Crippen LogP contribution in [0.5, 0.6) is 0 Å². The monoisotopic (exact) mass is 254 g/mol. The van der Waals surface area contributed by atoms with Gasteiger partial charge in [-0.1, -0.05) is 13.8 Å². The molecule has 0 saturated heterocycles. The molecule has 104 valence electrons. The molecule has 0 bridgehead atoms. The van der Waals surface area contributed by atoms with Crippen molar-refractivity contribution in [1.29, 1.82) is 0 Å². The van der Waals surface area contributed by atoms with E-state index >= 15 is 0 Å². The fourth-order valence-electron chi connectivity index (χ4n) is 2.52. The predicted molar refractivity (Wildman–Crippen MR) is 74.0 cm³/mol. The maximum absolute atomic E-state index is 11.6. The summed E-state index contributed by atoms with van der Waals surface area (Å²) < 4.78 is 0. The Labute approximate surface area is 109 Å². The number of nitrogens with one attached hydrogen (secondary N) is 1. The number of aliphatic imine (C=N–C) groups is 1. The lowest BCUT2D eigenvalue weighted by molar-refractivity contribution is -0.121. The van der Waals surface area contributed by atoms with Crippen LogP contribution in [0.4, 0.5) is 0 Å². The molecule has 5 nitrogen and oxygen atoms in total. The topological polar surface area (TPSA) is 93.5 Å². The minimum Gasteiger partial charge on any atom is -0.370 e. The summed E-state index contributed by atoms with van der Waals surface area (Å²) >= 11 is 0. The van der Waals surface area contributed by atoms with E-state index in [0.717, 1.165) is 24.7 Å². The highest BCUT2D eigenvalue weighted by molar-refractivity contribution is 5.78. The Balaban J connectivity index is 2.20. The fourth-order valence-corrected chi connectivity index (χ4v) is 2.52. The molecule has 1 saturated carbocycles. The Morgan fingerprint density at radius 1 is 1.28 bits per heavy atom. The van der Waals surface area contributed by atoms with Crippen LogP contribution < -0.4 is 16.8 Å². The number of rotatable bonds is 5. The molecule has 18 heavy (non-hydrogen) atoms. The van der Waals surface area contributed by atoms with Gasteiger partial charge in [-0.3, -0.25) is 9.79 Å². The van der Waals surface area contributed by atoms with Crippen molar-refractivity contribution in [1.82, 2.24) is 5.32 Å². The van der Waals surface area contributed by atoms with Crippen molar-refractivity contribution >= 4 is 11.9 Å². The largest absolute Gasteiger partial charge is 0.370 e. The molecule has 0 aromatic rings. The zero-order valence-corrected chi connectivity index (χ0v) is 11.5. The van der Waals surface area contributed by atoms with Crippen molar-refractivity contribution in [2.24, 2.45) is 28.3 Å². The van der Waals surface area contributed by atoms with Gasteiger partial charge in [0.25, 0.3) is 0 Å². The average molecular weight is 254 g/mol. The van der Waals surface area contributed by atoms with Gasteiger partial charge < -0.3 is 16.8 Å². The summed E-state index contributed by atoms with van der Waals surface area (Å²) in [5.74, 6) is 1.66. The molecular formula is C13H26N4O. The molecule has 0 heterocycles. The summed E-state index contributed by atoms with van der Waals surface area (Å²) in [6, 6.07) is 0.340. The van der Waals surface area contributed by atoms with Crippen molar-refractivity contribution in [3.63, 3.8) is 0 Å². The van der Waals surface area contributed by atoms with Gasteiger partial charge in [-0.2, -0.15) is 0 Å². The number of guanidine groups is 1. The van der Waals surface area contributed by atoms with Crippen LogP contribution in [0.1, 0.15) is 46.0 Å². The minimum absolute atomic E-state index is 0.0419. The van der Waals surface area contributed by atoms with Crippen LogP contribution in [-0.4, -0.2) is 24.5 Å². The first-order valence-corrected chi connectivity index (χ1v) is 6.83. The van der Waals surface area contributed by atoms with Gasteiger partial charge >= 0.3 is 0 Å². The van der Waals surface area contributed by atoms with Gasteiger partial charge in [0.15, 0.2) is 5.96 Å². The van der Waals surface area contributed by atoms with Crippen molar-refractivity contribution < 1.29 is 4.79 Å². The second-order valence-corrected chi connectivity index (χ2v) is 5.48. The van der Waals surface area contributed by atoms with Gasteiger partial charge in [-0.25, -0.2) is 0 Å². The summed E-state index contributed by atoms with van der Waals surface area (Å²) in [6.45, 7) is 4.92. The first-order valence-electron chi connectivity index (χ1n) is 6.83. The van der Waals surface area contributed by atoms with E-state index in [1.54, 1.807) is 0 Å². The normalized spacial score (nSPS) is 23.7. The molecule has 5 heteroatoms. The average Bonchev–Trinajstić information content (AvgIpc) is 2.29. The maximum atomic E-state index is 11.6. The van der Waals surface area contributed by atoms with Crippen LogP contribution in [0.25, 0.3) is 0 Å². The second kappa shape index (κ2) is 7.24. The van der Waals surface area contributed by atoms with Crippen molar-refractivity contribution in [3.8, 4) is 0 Å². The first-order chi connectivity index (χ1) is 8.49. The summed E-state index contributed by atoms with van der Waals surface area (Å²) in [7, 11) is 0. The second-order valence-electron chi connectivity index (χ2n) is 5.48. The number of amides is 1. The maximum Gasteiger partial charge on any atom is 0.222 e. The molecule has 0 radical (unpaired) electrons. The smallest absolute Gasteiger partial charge is 0.222 e. The van der Waals surface area contributed by atoms with E-state index in [2.05, 4.69) is 24.2 Å². The number of carbonyl (C=O) groups is 1. The van der Waals surface area contributed by atoms with Crippen LogP contribution in [-0.2, 0) is 4.79 Å². The summed E-state index contributed by atoms with van der Waals surface area (Å²) in [4.78, 5) is 15.5. The zero-order chi connectivity index (χ0) is 13.5. The van der Waals surface area contributed by atoms with E-state index in [4.69, 9.17) is 11.5 Å². The molecule has 1 rings (SSSR count). The van der Waals surface area contributed by atoms with Crippen LogP contribution >= 0.6 is 0 Å². The molecular weight excluding hydrogens is 228 g/mol. The Morgan fingerprint density at radius 3 is 2.39 bits per heavy atom. The Hall–Kier alpha value is -1.26. The number of nitrogens with two attached hydrogens (primary N) is 2. The SMILES string of the molecule is CC(C)C1CCC(NC(=O)CCN=C(N)N)CC1. The van der Waals surface area contributed by atoms with E-state index in [-0.39, 0.29) is 11.9 Å². The number of nitrogens with zero attached hydrogens (tertiary/aromatic N) is 1. The predicted octanol–water partition coefficient (Wildman–Crippen LogP) is 0.981. The van der Waals surface area contributed by atoms with Gasteiger partial charge in [0.1, 0.15) is 0 Å². The van der Waals surface area contributed by atoms with E-state index in [1.807, 2.05) is 0 Å². The number of hydrogen-bond acceptors (Lipinski definition) is 2. The third-order valence-electron chi connectivity index (χ3n) is 3.71. The molecule has 0 atom stereocenters. The Bertz CT molecular complexity index is 289.